The molecule has 8 heteroatoms. The zero-order valence-corrected chi connectivity index (χ0v) is 17.2. The second-order valence-electron chi connectivity index (χ2n) is 7.60. The van der Waals surface area contributed by atoms with Gasteiger partial charge in [-0.1, -0.05) is 11.6 Å². The fourth-order valence-corrected chi connectivity index (χ4v) is 4.40. The molecule has 1 fully saturated rings. The fourth-order valence-electron chi connectivity index (χ4n) is 4.10. The van der Waals surface area contributed by atoms with E-state index in [0.717, 1.165) is 52.5 Å². The van der Waals surface area contributed by atoms with E-state index in [9.17, 15) is 13.2 Å². The molecule has 0 bridgehead atoms. The molecular formula is C21H22ClF3N4. The average molecular weight is 423 g/mol. The maximum Gasteiger partial charge on any atom is 0.417 e. The highest BCUT2D eigenvalue weighted by molar-refractivity contribution is 6.36. The van der Waals surface area contributed by atoms with Crippen molar-refractivity contribution in [3.8, 4) is 0 Å². The summed E-state index contributed by atoms with van der Waals surface area (Å²) in [6, 6.07) is 4.79. The second kappa shape index (κ2) is 7.13. The van der Waals surface area contributed by atoms with Gasteiger partial charge in [0.15, 0.2) is 0 Å². The van der Waals surface area contributed by atoms with Crippen molar-refractivity contribution < 1.29 is 13.2 Å². The van der Waals surface area contributed by atoms with Crippen LogP contribution in [-0.2, 0) is 6.18 Å². The third kappa shape index (κ3) is 3.52. The molecule has 2 aromatic heterocycles. The highest BCUT2D eigenvalue weighted by Crippen LogP contribution is 2.36. The molecule has 1 atom stereocenters. The van der Waals surface area contributed by atoms with E-state index >= 15 is 0 Å². The molecule has 4 rings (SSSR count). The molecular weight excluding hydrogens is 401 g/mol. The van der Waals surface area contributed by atoms with Gasteiger partial charge in [-0.25, -0.2) is 4.98 Å². The second-order valence-corrected chi connectivity index (χ2v) is 8.00. The summed E-state index contributed by atoms with van der Waals surface area (Å²) in [5.74, 6) is 0.574. The molecule has 4 nitrogen and oxygen atoms in total. The topological polar surface area (TPSA) is 35.2 Å². The van der Waals surface area contributed by atoms with E-state index in [2.05, 4.69) is 46.6 Å². The van der Waals surface area contributed by atoms with Gasteiger partial charge < -0.3 is 14.8 Å². The monoisotopic (exact) mass is 422 g/mol. The molecule has 29 heavy (non-hydrogen) atoms. The Hall–Kier alpha value is -2.41. The number of piperazine rings is 1. The molecule has 0 amide bonds. The summed E-state index contributed by atoms with van der Waals surface area (Å²) < 4.78 is 38.4. The Balaban J connectivity index is 1.57. The van der Waals surface area contributed by atoms with Gasteiger partial charge in [0.2, 0.25) is 0 Å². The van der Waals surface area contributed by atoms with Crippen molar-refractivity contribution in [1.82, 2.24) is 9.97 Å². The summed E-state index contributed by atoms with van der Waals surface area (Å²) in [5, 5.41) is 1.77. The quantitative estimate of drug-likeness (QED) is 0.586. The van der Waals surface area contributed by atoms with Gasteiger partial charge in [-0.3, -0.25) is 0 Å². The fraction of sp³-hybridized carbons (Fsp3) is 0.381. The van der Waals surface area contributed by atoms with Gasteiger partial charge in [0.05, 0.1) is 10.6 Å². The SMILES string of the molecule is Cc1c(N2CCN(c3ccc(C(F)(F)F)cn3)[C@H](C)C2)cc2[nH]cc(Cl)c2c1C. The Morgan fingerprint density at radius 1 is 1.17 bits per heavy atom. The molecule has 1 aliphatic heterocycles. The van der Waals surface area contributed by atoms with E-state index in [0.29, 0.717) is 12.4 Å². The lowest BCUT2D eigenvalue weighted by atomic mass is 10.0. The summed E-state index contributed by atoms with van der Waals surface area (Å²) in [5.41, 5.74) is 3.78. The predicted octanol–water partition coefficient (Wildman–Crippen LogP) is 5.57. The molecule has 0 spiro atoms. The number of aromatic nitrogens is 2. The number of aryl methyl sites for hydroxylation is 1. The predicted molar refractivity (Wildman–Crippen MR) is 111 cm³/mol. The van der Waals surface area contributed by atoms with Crippen LogP contribution in [-0.4, -0.2) is 35.6 Å². The Kier molecular flexibility index (Phi) is 4.89. The van der Waals surface area contributed by atoms with E-state index < -0.39 is 11.7 Å². The van der Waals surface area contributed by atoms with Gasteiger partial charge in [-0.15, -0.1) is 0 Å². The highest BCUT2D eigenvalue weighted by Gasteiger charge is 2.32. The maximum atomic E-state index is 12.8. The number of nitrogens with one attached hydrogen (secondary N) is 1. The minimum atomic E-state index is -4.37. The standard InChI is InChI=1S/C21H22ClF3N4/c1-12-11-28(18-8-17-20(14(3)13(18)2)16(22)10-26-17)6-7-29(12)19-5-4-15(9-27-19)21(23,24)25/h4-5,8-10,12,26H,6-7,11H2,1-3H3/t12-/m1/s1. The Bertz CT molecular complexity index is 1040. The number of pyridine rings is 1. The molecule has 3 aromatic rings. The molecule has 154 valence electrons. The largest absolute Gasteiger partial charge is 0.417 e. The number of fused-ring (bicyclic) bond motifs is 1. The van der Waals surface area contributed by atoms with E-state index in [1.165, 1.54) is 11.6 Å². The van der Waals surface area contributed by atoms with Crippen LogP contribution in [0.2, 0.25) is 5.02 Å². The Morgan fingerprint density at radius 3 is 2.55 bits per heavy atom. The van der Waals surface area contributed by atoms with E-state index in [-0.39, 0.29) is 6.04 Å². The molecule has 1 saturated heterocycles. The minimum Gasteiger partial charge on any atom is -0.367 e. The average Bonchev–Trinajstić information content (AvgIpc) is 3.05. The third-order valence-corrected chi connectivity index (χ3v) is 6.10. The number of alkyl halides is 3. The van der Waals surface area contributed by atoms with Gasteiger partial charge in [0.1, 0.15) is 5.82 Å². The number of nitrogens with zero attached hydrogens (tertiary/aromatic N) is 3. The van der Waals surface area contributed by atoms with Crippen LogP contribution < -0.4 is 9.80 Å². The first-order valence-corrected chi connectivity index (χ1v) is 9.86. The molecule has 1 aliphatic rings. The van der Waals surface area contributed by atoms with Crippen LogP contribution >= 0.6 is 11.6 Å². The van der Waals surface area contributed by atoms with Crippen LogP contribution in [0, 0.1) is 13.8 Å². The molecule has 1 N–H and O–H groups in total. The summed E-state index contributed by atoms with van der Waals surface area (Å²) in [6.45, 7) is 8.43. The number of anilines is 2. The number of halogens is 4. The third-order valence-electron chi connectivity index (χ3n) is 5.80. The number of hydrogen-bond acceptors (Lipinski definition) is 3. The summed E-state index contributed by atoms with van der Waals surface area (Å²) >= 11 is 6.31. The maximum absolute atomic E-state index is 12.8. The number of H-pyrrole nitrogens is 1. The summed E-state index contributed by atoms with van der Waals surface area (Å²) in [4.78, 5) is 11.7. The van der Waals surface area contributed by atoms with Crippen molar-refractivity contribution in [2.24, 2.45) is 0 Å². The molecule has 3 heterocycles. The van der Waals surface area contributed by atoms with Crippen LogP contribution in [0.3, 0.4) is 0 Å². The molecule has 0 unspecified atom stereocenters. The van der Waals surface area contributed by atoms with Gasteiger partial charge >= 0.3 is 6.18 Å². The number of aromatic amines is 1. The van der Waals surface area contributed by atoms with Gasteiger partial charge in [0, 0.05) is 54.7 Å². The lowest BCUT2D eigenvalue weighted by Gasteiger charge is -2.42. The van der Waals surface area contributed by atoms with E-state index in [1.54, 1.807) is 6.20 Å². The van der Waals surface area contributed by atoms with Crippen LogP contribution in [0.15, 0.2) is 30.6 Å². The van der Waals surface area contributed by atoms with Crippen LogP contribution in [0.25, 0.3) is 10.9 Å². The zero-order chi connectivity index (χ0) is 20.9. The van der Waals surface area contributed by atoms with Crippen LogP contribution in [0.5, 0.6) is 0 Å². The Labute approximate surface area is 172 Å². The lowest BCUT2D eigenvalue weighted by molar-refractivity contribution is -0.137. The van der Waals surface area contributed by atoms with Crippen molar-refractivity contribution in [3.63, 3.8) is 0 Å². The molecule has 0 aliphatic carbocycles. The first kappa shape index (κ1) is 19.9. The van der Waals surface area contributed by atoms with Crippen molar-refractivity contribution >= 4 is 34.0 Å². The van der Waals surface area contributed by atoms with Crippen molar-refractivity contribution in [2.75, 3.05) is 29.4 Å². The Morgan fingerprint density at radius 2 is 1.93 bits per heavy atom. The van der Waals surface area contributed by atoms with Gasteiger partial charge in [0.25, 0.3) is 0 Å². The van der Waals surface area contributed by atoms with Gasteiger partial charge in [-0.05, 0) is 50.1 Å². The van der Waals surface area contributed by atoms with Crippen molar-refractivity contribution in [3.05, 3.63) is 52.3 Å². The minimum absolute atomic E-state index is 0.107. The van der Waals surface area contributed by atoms with Crippen LogP contribution in [0.1, 0.15) is 23.6 Å². The number of rotatable bonds is 2. The zero-order valence-electron chi connectivity index (χ0n) is 16.4. The highest BCUT2D eigenvalue weighted by atomic mass is 35.5. The molecule has 0 radical (unpaired) electrons. The number of hydrogen-bond donors (Lipinski definition) is 1. The molecule has 1 aromatic carbocycles. The van der Waals surface area contributed by atoms with Gasteiger partial charge in [-0.2, -0.15) is 13.2 Å². The smallest absolute Gasteiger partial charge is 0.367 e. The van der Waals surface area contributed by atoms with E-state index in [4.69, 9.17) is 11.6 Å². The van der Waals surface area contributed by atoms with Crippen molar-refractivity contribution in [1.29, 1.82) is 0 Å². The number of benzene rings is 1. The van der Waals surface area contributed by atoms with E-state index in [1.807, 2.05) is 0 Å². The summed E-state index contributed by atoms with van der Waals surface area (Å²) in [7, 11) is 0. The van der Waals surface area contributed by atoms with Crippen LogP contribution in [0.4, 0.5) is 24.7 Å². The van der Waals surface area contributed by atoms with Crippen molar-refractivity contribution in [2.45, 2.75) is 33.0 Å². The normalized spacial score (nSPS) is 18.0. The first-order valence-electron chi connectivity index (χ1n) is 9.48. The lowest BCUT2D eigenvalue weighted by Crippen LogP contribution is -2.52. The molecule has 0 saturated carbocycles. The first-order chi connectivity index (χ1) is 13.7. The summed E-state index contributed by atoms with van der Waals surface area (Å²) in [6.07, 6.45) is -1.66.